The number of nitrogens with zero attached hydrogens (tertiary/aromatic N) is 1. The van der Waals surface area contributed by atoms with Gasteiger partial charge in [0.2, 0.25) is 0 Å². The van der Waals surface area contributed by atoms with Crippen molar-refractivity contribution in [3.05, 3.63) is 35.4 Å². The molecule has 1 aromatic carbocycles. The maximum absolute atomic E-state index is 11.9. The Bertz CT molecular complexity index is 377. The van der Waals surface area contributed by atoms with Crippen LogP contribution in [0.3, 0.4) is 0 Å². The van der Waals surface area contributed by atoms with Gasteiger partial charge in [0.05, 0.1) is 0 Å². The molecular weight excluding hydrogens is 226 g/mol. The van der Waals surface area contributed by atoms with Gasteiger partial charge < -0.3 is 16.0 Å². The Morgan fingerprint density at radius 1 is 1.28 bits per heavy atom. The second-order valence-corrected chi connectivity index (χ2v) is 4.63. The molecule has 0 aliphatic carbocycles. The molecule has 0 unspecified atom stereocenters. The zero-order valence-corrected chi connectivity index (χ0v) is 11.3. The van der Waals surface area contributed by atoms with Crippen LogP contribution in [-0.2, 0) is 6.54 Å². The van der Waals surface area contributed by atoms with E-state index in [4.69, 9.17) is 5.73 Å². The van der Waals surface area contributed by atoms with Gasteiger partial charge in [0.15, 0.2) is 0 Å². The lowest BCUT2D eigenvalue weighted by atomic mass is 10.1. The van der Waals surface area contributed by atoms with E-state index >= 15 is 0 Å². The second kappa shape index (κ2) is 7.84. The fourth-order valence-corrected chi connectivity index (χ4v) is 1.77. The first-order chi connectivity index (χ1) is 8.65. The molecule has 0 radical (unpaired) electrons. The van der Waals surface area contributed by atoms with E-state index in [9.17, 15) is 4.79 Å². The van der Waals surface area contributed by atoms with Crippen molar-refractivity contribution in [2.24, 2.45) is 5.73 Å². The third kappa shape index (κ3) is 4.85. The van der Waals surface area contributed by atoms with Crippen molar-refractivity contribution in [3.8, 4) is 0 Å². The number of unbranched alkanes of at least 4 members (excludes halogenated alkanes) is 1. The number of carbonyl (C=O) groups excluding carboxylic acids is 1. The normalized spacial score (nSPS) is 10.7. The molecule has 0 saturated carbocycles. The van der Waals surface area contributed by atoms with Crippen LogP contribution in [0.1, 0.15) is 28.8 Å². The SMILES string of the molecule is CN(C)CCCCNC(=O)c1ccccc1CN. The van der Waals surface area contributed by atoms with Crippen LogP contribution < -0.4 is 11.1 Å². The van der Waals surface area contributed by atoms with Crippen LogP contribution in [-0.4, -0.2) is 38.0 Å². The summed E-state index contributed by atoms with van der Waals surface area (Å²) in [7, 11) is 4.10. The average Bonchev–Trinajstić information content (AvgIpc) is 2.37. The molecule has 0 aliphatic heterocycles. The maximum atomic E-state index is 11.9. The van der Waals surface area contributed by atoms with Crippen molar-refractivity contribution in [1.29, 1.82) is 0 Å². The van der Waals surface area contributed by atoms with Crippen LogP contribution in [0.5, 0.6) is 0 Å². The van der Waals surface area contributed by atoms with Crippen molar-refractivity contribution in [1.82, 2.24) is 10.2 Å². The predicted molar refractivity (Wildman–Crippen MR) is 74.5 cm³/mol. The van der Waals surface area contributed by atoms with E-state index in [1.54, 1.807) is 0 Å². The van der Waals surface area contributed by atoms with Crippen molar-refractivity contribution in [2.75, 3.05) is 27.2 Å². The smallest absolute Gasteiger partial charge is 0.251 e. The Kier molecular flexibility index (Phi) is 6.39. The molecular formula is C14H23N3O. The van der Waals surface area contributed by atoms with E-state index in [2.05, 4.69) is 24.3 Å². The molecule has 0 aliphatic rings. The summed E-state index contributed by atoms with van der Waals surface area (Å²) >= 11 is 0. The number of benzene rings is 1. The fourth-order valence-electron chi connectivity index (χ4n) is 1.77. The van der Waals surface area contributed by atoms with Gasteiger partial charge in [-0.1, -0.05) is 18.2 Å². The van der Waals surface area contributed by atoms with E-state index < -0.39 is 0 Å². The lowest BCUT2D eigenvalue weighted by Crippen LogP contribution is -2.26. The number of hydrogen-bond acceptors (Lipinski definition) is 3. The van der Waals surface area contributed by atoms with Gasteiger partial charge >= 0.3 is 0 Å². The molecule has 1 rings (SSSR count). The summed E-state index contributed by atoms with van der Waals surface area (Å²) in [6, 6.07) is 7.47. The van der Waals surface area contributed by atoms with Crippen LogP contribution in [0.2, 0.25) is 0 Å². The van der Waals surface area contributed by atoms with E-state index in [1.807, 2.05) is 24.3 Å². The Morgan fingerprint density at radius 2 is 2.00 bits per heavy atom. The molecule has 0 saturated heterocycles. The molecule has 1 amide bonds. The molecule has 0 aromatic heterocycles. The first-order valence-electron chi connectivity index (χ1n) is 6.36. The molecule has 1 aromatic rings. The number of nitrogens with one attached hydrogen (secondary N) is 1. The Labute approximate surface area is 109 Å². The highest BCUT2D eigenvalue weighted by atomic mass is 16.1. The fraction of sp³-hybridized carbons (Fsp3) is 0.500. The summed E-state index contributed by atoms with van der Waals surface area (Å²) in [5, 5.41) is 2.93. The molecule has 18 heavy (non-hydrogen) atoms. The minimum Gasteiger partial charge on any atom is -0.352 e. The van der Waals surface area contributed by atoms with E-state index in [0.717, 1.165) is 24.9 Å². The molecule has 0 atom stereocenters. The van der Waals surface area contributed by atoms with E-state index in [1.165, 1.54) is 0 Å². The zero-order chi connectivity index (χ0) is 13.4. The highest BCUT2D eigenvalue weighted by molar-refractivity contribution is 5.95. The van der Waals surface area contributed by atoms with E-state index in [0.29, 0.717) is 18.7 Å². The van der Waals surface area contributed by atoms with Gasteiger partial charge in [0, 0.05) is 18.7 Å². The molecule has 4 heteroatoms. The first kappa shape index (κ1) is 14.7. The maximum Gasteiger partial charge on any atom is 0.251 e. The van der Waals surface area contributed by atoms with Gasteiger partial charge in [-0.2, -0.15) is 0 Å². The number of nitrogens with two attached hydrogens (primary N) is 1. The van der Waals surface area contributed by atoms with Crippen LogP contribution in [0.15, 0.2) is 24.3 Å². The van der Waals surface area contributed by atoms with Gasteiger partial charge in [-0.05, 0) is 45.1 Å². The van der Waals surface area contributed by atoms with Gasteiger partial charge in [0.25, 0.3) is 5.91 Å². The molecule has 3 N–H and O–H groups in total. The highest BCUT2D eigenvalue weighted by Gasteiger charge is 2.08. The second-order valence-electron chi connectivity index (χ2n) is 4.63. The summed E-state index contributed by atoms with van der Waals surface area (Å²) in [6.45, 7) is 2.16. The lowest BCUT2D eigenvalue weighted by molar-refractivity contribution is 0.0952. The molecule has 0 heterocycles. The van der Waals surface area contributed by atoms with Crippen molar-refractivity contribution >= 4 is 5.91 Å². The highest BCUT2D eigenvalue weighted by Crippen LogP contribution is 2.07. The number of amides is 1. The minimum atomic E-state index is -0.0269. The molecule has 100 valence electrons. The summed E-state index contributed by atoms with van der Waals surface area (Å²) in [5.74, 6) is -0.0269. The van der Waals surface area contributed by atoms with Gasteiger partial charge in [0.1, 0.15) is 0 Å². The number of carbonyl (C=O) groups is 1. The summed E-state index contributed by atoms with van der Waals surface area (Å²) in [5.41, 5.74) is 7.19. The standard InChI is InChI=1S/C14H23N3O/c1-17(2)10-6-5-9-16-14(18)13-8-4-3-7-12(13)11-15/h3-4,7-8H,5-6,9-11,15H2,1-2H3,(H,16,18). The third-order valence-electron chi connectivity index (χ3n) is 2.80. The van der Waals surface area contributed by atoms with Crippen molar-refractivity contribution < 1.29 is 4.79 Å². The first-order valence-corrected chi connectivity index (χ1v) is 6.36. The minimum absolute atomic E-state index is 0.0269. The predicted octanol–water partition coefficient (Wildman–Crippen LogP) is 1.22. The molecule has 0 spiro atoms. The van der Waals surface area contributed by atoms with Crippen molar-refractivity contribution in [2.45, 2.75) is 19.4 Å². The quantitative estimate of drug-likeness (QED) is 0.714. The zero-order valence-electron chi connectivity index (χ0n) is 11.3. The summed E-state index contributed by atoms with van der Waals surface area (Å²) in [4.78, 5) is 14.1. The Balaban J connectivity index is 2.36. The molecule has 0 fully saturated rings. The van der Waals surface area contributed by atoms with Gasteiger partial charge in [-0.25, -0.2) is 0 Å². The number of rotatable bonds is 7. The molecule has 4 nitrogen and oxygen atoms in total. The summed E-state index contributed by atoms with van der Waals surface area (Å²) < 4.78 is 0. The summed E-state index contributed by atoms with van der Waals surface area (Å²) in [6.07, 6.45) is 2.08. The third-order valence-corrected chi connectivity index (χ3v) is 2.80. The topological polar surface area (TPSA) is 58.4 Å². The van der Waals surface area contributed by atoms with Crippen LogP contribution in [0.25, 0.3) is 0 Å². The Hall–Kier alpha value is -1.39. The van der Waals surface area contributed by atoms with Gasteiger partial charge in [-0.3, -0.25) is 4.79 Å². The lowest BCUT2D eigenvalue weighted by Gasteiger charge is -2.10. The van der Waals surface area contributed by atoms with Gasteiger partial charge in [-0.15, -0.1) is 0 Å². The largest absolute Gasteiger partial charge is 0.352 e. The van der Waals surface area contributed by atoms with E-state index in [-0.39, 0.29) is 5.91 Å². The van der Waals surface area contributed by atoms with Crippen LogP contribution in [0.4, 0.5) is 0 Å². The average molecular weight is 249 g/mol. The molecule has 0 bridgehead atoms. The van der Waals surface area contributed by atoms with Crippen LogP contribution >= 0.6 is 0 Å². The Morgan fingerprint density at radius 3 is 2.67 bits per heavy atom. The number of hydrogen-bond donors (Lipinski definition) is 2. The monoisotopic (exact) mass is 249 g/mol. The van der Waals surface area contributed by atoms with Crippen molar-refractivity contribution in [3.63, 3.8) is 0 Å². The van der Waals surface area contributed by atoms with Crippen LogP contribution in [0, 0.1) is 0 Å².